The Balaban J connectivity index is 2.30. The standard InChI is InChI=1S/C12H25N3S/c1-4-14(5-2)12(16)13-10-11-8-7-9-15(11)6-3/h11H,4-10H2,1-3H3,(H,13,16). The monoisotopic (exact) mass is 243 g/mol. The van der Waals surface area contributed by atoms with Gasteiger partial charge in [0.1, 0.15) is 0 Å². The van der Waals surface area contributed by atoms with E-state index in [1.54, 1.807) is 0 Å². The van der Waals surface area contributed by atoms with Crippen molar-refractivity contribution < 1.29 is 0 Å². The van der Waals surface area contributed by atoms with Gasteiger partial charge in [0.2, 0.25) is 0 Å². The van der Waals surface area contributed by atoms with Gasteiger partial charge < -0.3 is 10.2 Å². The van der Waals surface area contributed by atoms with E-state index in [2.05, 4.69) is 35.9 Å². The lowest BCUT2D eigenvalue weighted by Crippen LogP contribution is -2.45. The van der Waals surface area contributed by atoms with Crippen LogP contribution in [0.5, 0.6) is 0 Å². The van der Waals surface area contributed by atoms with Crippen molar-refractivity contribution in [2.24, 2.45) is 0 Å². The van der Waals surface area contributed by atoms with Crippen LogP contribution in [0.4, 0.5) is 0 Å². The highest BCUT2D eigenvalue weighted by atomic mass is 32.1. The van der Waals surface area contributed by atoms with Gasteiger partial charge in [0.25, 0.3) is 0 Å². The molecule has 1 N–H and O–H groups in total. The van der Waals surface area contributed by atoms with E-state index in [0.717, 1.165) is 31.3 Å². The first-order valence-corrected chi connectivity index (χ1v) is 6.90. The molecule has 0 aromatic carbocycles. The molecule has 0 radical (unpaired) electrons. The Bertz CT molecular complexity index is 216. The molecular formula is C12H25N3S. The van der Waals surface area contributed by atoms with Gasteiger partial charge in [-0.2, -0.15) is 0 Å². The number of likely N-dealkylation sites (N-methyl/N-ethyl adjacent to an activating group) is 1. The quantitative estimate of drug-likeness (QED) is 0.740. The van der Waals surface area contributed by atoms with Crippen LogP contribution in [-0.2, 0) is 0 Å². The fourth-order valence-electron chi connectivity index (χ4n) is 2.37. The lowest BCUT2D eigenvalue weighted by molar-refractivity contribution is 0.265. The molecule has 0 aromatic heterocycles. The molecule has 0 amide bonds. The predicted octanol–water partition coefficient (Wildman–Crippen LogP) is 1.69. The van der Waals surface area contributed by atoms with Gasteiger partial charge in [-0.15, -0.1) is 0 Å². The van der Waals surface area contributed by atoms with Gasteiger partial charge in [-0.05, 0) is 52.0 Å². The molecule has 1 unspecified atom stereocenters. The van der Waals surface area contributed by atoms with Crippen LogP contribution < -0.4 is 5.32 Å². The first-order chi connectivity index (χ1) is 7.72. The summed E-state index contributed by atoms with van der Waals surface area (Å²) in [6.45, 7) is 11.9. The highest BCUT2D eigenvalue weighted by molar-refractivity contribution is 7.80. The van der Waals surface area contributed by atoms with E-state index in [1.807, 2.05) is 0 Å². The second-order valence-electron chi connectivity index (χ2n) is 4.28. The van der Waals surface area contributed by atoms with E-state index < -0.39 is 0 Å². The van der Waals surface area contributed by atoms with E-state index in [0.29, 0.717) is 6.04 Å². The summed E-state index contributed by atoms with van der Waals surface area (Å²) in [5.74, 6) is 0. The van der Waals surface area contributed by atoms with Crippen LogP contribution in [-0.4, -0.2) is 53.7 Å². The molecule has 1 atom stereocenters. The summed E-state index contributed by atoms with van der Waals surface area (Å²) in [7, 11) is 0. The normalized spacial score (nSPS) is 21.1. The van der Waals surface area contributed by atoms with Crippen LogP contribution >= 0.6 is 12.2 Å². The number of thiocarbonyl (C=S) groups is 1. The van der Waals surface area contributed by atoms with Crippen LogP contribution in [0.2, 0.25) is 0 Å². The molecule has 0 saturated carbocycles. The summed E-state index contributed by atoms with van der Waals surface area (Å²) in [6.07, 6.45) is 2.64. The molecule has 94 valence electrons. The fraction of sp³-hybridized carbons (Fsp3) is 0.917. The number of hydrogen-bond acceptors (Lipinski definition) is 2. The Morgan fingerprint density at radius 1 is 1.38 bits per heavy atom. The van der Waals surface area contributed by atoms with E-state index in [1.165, 1.54) is 19.4 Å². The SMILES string of the molecule is CCN(CC)C(=S)NCC1CCCN1CC. The van der Waals surface area contributed by atoms with Crippen molar-refractivity contribution in [1.29, 1.82) is 0 Å². The average Bonchev–Trinajstić information content (AvgIpc) is 2.75. The first-order valence-electron chi connectivity index (χ1n) is 6.49. The highest BCUT2D eigenvalue weighted by Gasteiger charge is 2.22. The van der Waals surface area contributed by atoms with Crippen molar-refractivity contribution in [3.63, 3.8) is 0 Å². The first kappa shape index (κ1) is 13.7. The van der Waals surface area contributed by atoms with E-state index >= 15 is 0 Å². The van der Waals surface area contributed by atoms with Gasteiger partial charge in [-0.1, -0.05) is 6.92 Å². The van der Waals surface area contributed by atoms with Gasteiger partial charge in [0.15, 0.2) is 5.11 Å². The van der Waals surface area contributed by atoms with Crippen molar-refractivity contribution in [2.75, 3.05) is 32.7 Å². The molecule has 0 spiro atoms. The average molecular weight is 243 g/mol. The van der Waals surface area contributed by atoms with Crippen molar-refractivity contribution in [3.8, 4) is 0 Å². The van der Waals surface area contributed by atoms with Crippen LogP contribution in [0.25, 0.3) is 0 Å². The molecule has 1 heterocycles. The topological polar surface area (TPSA) is 18.5 Å². The van der Waals surface area contributed by atoms with E-state index in [9.17, 15) is 0 Å². The lowest BCUT2D eigenvalue weighted by atomic mass is 10.2. The molecule has 0 aliphatic carbocycles. The zero-order chi connectivity index (χ0) is 12.0. The number of nitrogens with zero attached hydrogens (tertiary/aromatic N) is 2. The molecule has 0 aromatic rings. The maximum Gasteiger partial charge on any atom is 0.168 e. The second kappa shape index (κ2) is 7.07. The molecule has 1 aliphatic rings. The largest absolute Gasteiger partial charge is 0.361 e. The summed E-state index contributed by atoms with van der Waals surface area (Å²) in [6, 6.07) is 0.679. The van der Waals surface area contributed by atoms with Gasteiger partial charge in [0.05, 0.1) is 0 Å². The Morgan fingerprint density at radius 3 is 2.62 bits per heavy atom. The van der Waals surface area contributed by atoms with Crippen molar-refractivity contribution in [2.45, 2.75) is 39.7 Å². The van der Waals surface area contributed by atoms with E-state index in [4.69, 9.17) is 12.2 Å². The molecule has 1 saturated heterocycles. The van der Waals surface area contributed by atoms with Crippen molar-refractivity contribution >= 4 is 17.3 Å². The number of likely N-dealkylation sites (tertiary alicyclic amines) is 1. The third-order valence-corrected chi connectivity index (χ3v) is 3.85. The number of nitrogens with one attached hydrogen (secondary N) is 1. The Labute approximate surface area is 105 Å². The smallest absolute Gasteiger partial charge is 0.168 e. The Hall–Kier alpha value is -0.350. The molecule has 1 aliphatic heterocycles. The maximum absolute atomic E-state index is 5.38. The Kier molecular flexibility index (Phi) is 6.06. The minimum atomic E-state index is 0.679. The minimum Gasteiger partial charge on any atom is -0.361 e. The summed E-state index contributed by atoms with van der Waals surface area (Å²) in [5.41, 5.74) is 0. The lowest BCUT2D eigenvalue weighted by Gasteiger charge is -2.27. The zero-order valence-corrected chi connectivity index (χ0v) is 11.6. The third-order valence-electron chi connectivity index (χ3n) is 3.44. The zero-order valence-electron chi connectivity index (χ0n) is 10.8. The summed E-state index contributed by atoms with van der Waals surface area (Å²) in [5, 5.41) is 4.32. The molecule has 1 fully saturated rings. The highest BCUT2D eigenvalue weighted by Crippen LogP contribution is 2.15. The molecular weight excluding hydrogens is 218 g/mol. The van der Waals surface area contributed by atoms with Crippen LogP contribution in [0, 0.1) is 0 Å². The molecule has 1 rings (SSSR count). The molecule has 4 heteroatoms. The second-order valence-corrected chi connectivity index (χ2v) is 4.67. The summed E-state index contributed by atoms with van der Waals surface area (Å²) >= 11 is 5.38. The number of hydrogen-bond donors (Lipinski definition) is 1. The molecule has 0 bridgehead atoms. The van der Waals surface area contributed by atoms with Crippen molar-refractivity contribution in [1.82, 2.24) is 15.1 Å². The number of rotatable bonds is 5. The fourth-order valence-corrected chi connectivity index (χ4v) is 2.71. The maximum atomic E-state index is 5.38. The third kappa shape index (κ3) is 3.59. The van der Waals surface area contributed by atoms with Gasteiger partial charge >= 0.3 is 0 Å². The van der Waals surface area contributed by atoms with E-state index in [-0.39, 0.29) is 0 Å². The van der Waals surface area contributed by atoms with Crippen LogP contribution in [0.15, 0.2) is 0 Å². The van der Waals surface area contributed by atoms with Crippen LogP contribution in [0.3, 0.4) is 0 Å². The summed E-state index contributed by atoms with van der Waals surface area (Å²) in [4.78, 5) is 4.73. The molecule has 16 heavy (non-hydrogen) atoms. The van der Waals surface area contributed by atoms with Gasteiger partial charge in [0, 0.05) is 25.7 Å². The Morgan fingerprint density at radius 2 is 2.06 bits per heavy atom. The van der Waals surface area contributed by atoms with Gasteiger partial charge in [-0.25, -0.2) is 0 Å². The van der Waals surface area contributed by atoms with Crippen molar-refractivity contribution in [3.05, 3.63) is 0 Å². The summed E-state index contributed by atoms with van der Waals surface area (Å²) < 4.78 is 0. The van der Waals surface area contributed by atoms with Gasteiger partial charge in [-0.3, -0.25) is 4.90 Å². The molecule has 3 nitrogen and oxygen atoms in total. The predicted molar refractivity (Wildman–Crippen MR) is 73.8 cm³/mol. The minimum absolute atomic E-state index is 0.679. The van der Waals surface area contributed by atoms with Crippen LogP contribution in [0.1, 0.15) is 33.6 Å².